The topological polar surface area (TPSA) is 45.8 Å². The van der Waals surface area contributed by atoms with Crippen LogP contribution in [0.25, 0.3) is 21.8 Å². The van der Waals surface area contributed by atoms with Crippen molar-refractivity contribution in [1.29, 1.82) is 0 Å². The number of benzene rings is 1. The van der Waals surface area contributed by atoms with Crippen LogP contribution in [0.3, 0.4) is 0 Å². The normalized spacial score (nSPS) is 11.1. The zero-order valence-corrected chi connectivity index (χ0v) is 8.82. The van der Waals surface area contributed by atoms with Gasteiger partial charge in [-0.05, 0) is 19.1 Å². The molecule has 0 fully saturated rings. The minimum Gasteiger partial charge on any atom is -0.353 e. The van der Waals surface area contributed by atoms with Crippen molar-refractivity contribution in [3.05, 3.63) is 41.7 Å². The van der Waals surface area contributed by atoms with E-state index >= 15 is 0 Å². The zero-order valence-electron chi connectivity index (χ0n) is 8.82. The minimum atomic E-state index is 0.478. The number of pyridine rings is 1. The minimum absolute atomic E-state index is 0.478. The van der Waals surface area contributed by atoms with Crippen LogP contribution >= 0.6 is 0 Å². The Morgan fingerprint density at radius 2 is 2.06 bits per heavy atom. The molecule has 3 heteroatoms. The summed E-state index contributed by atoms with van der Waals surface area (Å²) in [6.07, 6.45) is 0.796. The van der Waals surface area contributed by atoms with Crippen LogP contribution < -0.4 is 0 Å². The number of hydrogen-bond donors (Lipinski definition) is 1. The molecule has 78 valence electrons. The third kappa shape index (κ3) is 1.15. The molecule has 0 saturated carbocycles. The predicted octanol–water partition coefficient (Wildman–Crippen LogP) is 2.84. The molecule has 0 atom stereocenters. The van der Waals surface area contributed by atoms with Crippen LogP contribution in [0.2, 0.25) is 0 Å². The summed E-state index contributed by atoms with van der Waals surface area (Å²) < 4.78 is 0. The third-order valence-corrected chi connectivity index (χ3v) is 2.76. The van der Waals surface area contributed by atoms with Gasteiger partial charge in [-0.2, -0.15) is 0 Å². The maximum absolute atomic E-state index is 11.0. The summed E-state index contributed by atoms with van der Waals surface area (Å²) in [5.41, 5.74) is 3.19. The summed E-state index contributed by atoms with van der Waals surface area (Å²) in [5, 5.41) is 2.19. The number of rotatable bonds is 1. The van der Waals surface area contributed by atoms with E-state index in [9.17, 15) is 4.79 Å². The Hall–Kier alpha value is -2.16. The summed E-state index contributed by atoms with van der Waals surface area (Å²) in [6, 6.07) is 10.0. The number of aldehydes is 1. The summed E-state index contributed by atoms with van der Waals surface area (Å²) in [4.78, 5) is 18.4. The molecule has 3 nitrogen and oxygen atoms in total. The van der Waals surface area contributed by atoms with Crippen LogP contribution in [-0.4, -0.2) is 16.3 Å². The van der Waals surface area contributed by atoms with Gasteiger partial charge >= 0.3 is 0 Å². The molecule has 3 rings (SSSR count). The van der Waals surface area contributed by atoms with Crippen molar-refractivity contribution in [2.45, 2.75) is 6.92 Å². The Kier molecular flexibility index (Phi) is 1.80. The van der Waals surface area contributed by atoms with Gasteiger partial charge in [-0.25, -0.2) is 4.98 Å². The Labute approximate surface area is 92.1 Å². The molecule has 16 heavy (non-hydrogen) atoms. The highest BCUT2D eigenvalue weighted by molar-refractivity contribution is 6.11. The monoisotopic (exact) mass is 210 g/mol. The van der Waals surface area contributed by atoms with Crippen molar-refractivity contribution in [1.82, 2.24) is 9.97 Å². The number of hydrogen-bond acceptors (Lipinski definition) is 2. The molecule has 1 aromatic carbocycles. The molecule has 2 aromatic heterocycles. The van der Waals surface area contributed by atoms with E-state index in [2.05, 4.69) is 9.97 Å². The number of aromatic amines is 1. The van der Waals surface area contributed by atoms with Crippen LogP contribution in [0, 0.1) is 6.92 Å². The van der Waals surface area contributed by atoms with E-state index in [-0.39, 0.29) is 0 Å². The fourth-order valence-electron chi connectivity index (χ4n) is 2.09. The van der Waals surface area contributed by atoms with E-state index in [1.54, 1.807) is 0 Å². The largest absolute Gasteiger partial charge is 0.353 e. The number of para-hydroxylation sites is 1. The van der Waals surface area contributed by atoms with Crippen molar-refractivity contribution < 1.29 is 4.79 Å². The average Bonchev–Trinajstić information content (AvgIpc) is 2.67. The maximum atomic E-state index is 11.0. The number of H-pyrrole nitrogens is 1. The predicted molar refractivity (Wildman–Crippen MR) is 63.7 cm³/mol. The third-order valence-electron chi connectivity index (χ3n) is 2.76. The molecular formula is C13H10N2O. The van der Waals surface area contributed by atoms with Crippen LogP contribution in [0.5, 0.6) is 0 Å². The van der Waals surface area contributed by atoms with Crippen molar-refractivity contribution in [3.63, 3.8) is 0 Å². The van der Waals surface area contributed by atoms with E-state index in [0.717, 1.165) is 33.8 Å². The van der Waals surface area contributed by atoms with Gasteiger partial charge in [-0.3, -0.25) is 4.79 Å². The molecular weight excluding hydrogens is 200 g/mol. The van der Waals surface area contributed by atoms with Gasteiger partial charge in [0.1, 0.15) is 5.69 Å². The Balaban J connectivity index is 2.59. The lowest BCUT2D eigenvalue weighted by Gasteiger charge is -1.96. The first-order valence-corrected chi connectivity index (χ1v) is 5.13. The van der Waals surface area contributed by atoms with Gasteiger partial charge in [0, 0.05) is 22.0 Å². The van der Waals surface area contributed by atoms with E-state index in [0.29, 0.717) is 5.69 Å². The van der Waals surface area contributed by atoms with Gasteiger partial charge in [0.25, 0.3) is 0 Å². The smallest absolute Gasteiger partial charge is 0.170 e. The number of nitrogens with zero attached hydrogens (tertiary/aromatic N) is 1. The molecule has 0 saturated heterocycles. The van der Waals surface area contributed by atoms with Gasteiger partial charge in [-0.15, -0.1) is 0 Å². The number of aromatic nitrogens is 2. The molecule has 0 radical (unpaired) electrons. The van der Waals surface area contributed by atoms with Gasteiger partial charge in [-0.1, -0.05) is 18.2 Å². The number of aryl methyl sites for hydroxylation is 1. The number of carbonyl (C=O) groups excluding carboxylic acids is 1. The van der Waals surface area contributed by atoms with E-state index in [1.807, 2.05) is 37.3 Å². The number of carbonyl (C=O) groups is 1. The molecule has 0 aliphatic heterocycles. The molecule has 3 aromatic rings. The van der Waals surface area contributed by atoms with E-state index in [4.69, 9.17) is 0 Å². The molecule has 0 spiro atoms. The van der Waals surface area contributed by atoms with Crippen LogP contribution in [0.1, 0.15) is 16.2 Å². The van der Waals surface area contributed by atoms with Crippen LogP contribution in [0.15, 0.2) is 30.3 Å². The fourth-order valence-corrected chi connectivity index (χ4v) is 2.09. The van der Waals surface area contributed by atoms with Gasteiger partial charge in [0.15, 0.2) is 6.29 Å². The molecule has 2 heterocycles. The summed E-state index contributed by atoms with van der Waals surface area (Å²) in [7, 11) is 0. The zero-order chi connectivity index (χ0) is 11.1. The molecule has 0 aliphatic rings. The molecule has 1 N–H and O–H groups in total. The first kappa shape index (κ1) is 9.09. The lowest BCUT2D eigenvalue weighted by atomic mass is 10.1. The van der Waals surface area contributed by atoms with Crippen molar-refractivity contribution in [2.75, 3.05) is 0 Å². The standard InChI is InChI=1S/C13H10N2O/c1-8-6-10-9-4-2-3-5-11(9)15-13(10)12(7-16)14-8/h2-7,15H,1H3. The average molecular weight is 210 g/mol. The highest BCUT2D eigenvalue weighted by Gasteiger charge is 2.09. The van der Waals surface area contributed by atoms with Crippen molar-refractivity contribution in [3.8, 4) is 0 Å². The van der Waals surface area contributed by atoms with Crippen molar-refractivity contribution >= 4 is 28.1 Å². The van der Waals surface area contributed by atoms with Crippen molar-refractivity contribution in [2.24, 2.45) is 0 Å². The van der Waals surface area contributed by atoms with E-state index < -0.39 is 0 Å². The second-order valence-corrected chi connectivity index (χ2v) is 3.86. The summed E-state index contributed by atoms with van der Waals surface area (Å²) >= 11 is 0. The second-order valence-electron chi connectivity index (χ2n) is 3.86. The quantitative estimate of drug-likeness (QED) is 0.628. The second kappa shape index (κ2) is 3.17. The number of nitrogens with one attached hydrogen (secondary N) is 1. The first-order chi connectivity index (χ1) is 7.79. The maximum Gasteiger partial charge on any atom is 0.170 e. The molecule has 0 bridgehead atoms. The Bertz CT molecular complexity index is 698. The SMILES string of the molecule is Cc1cc2c([nH]c3ccccc32)c(C=O)n1. The molecule has 0 amide bonds. The van der Waals surface area contributed by atoms with Crippen LogP contribution in [-0.2, 0) is 0 Å². The summed E-state index contributed by atoms with van der Waals surface area (Å²) in [6.45, 7) is 1.90. The van der Waals surface area contributed by atoms with Gasteiger partial charge in [0.05, 0.1) is 5.52 Å². The lowest BCUT2D eigenvalue weighted by Crippen LogP contribution is -1.91. The van der Waals surface area contributed by atoms with Gasteiger partial charge < -0.3 is 4.98 Å². The summed E-state index contributed by atoms with van der Waals surface area (Å²) in [5.74, 6) is 0. The molecule has 0 unspecified atom stereocenters. The van der Waals surface area contributed by atoms with Crippen LogP contribution in [0.4, 0.5) is 0 Å². The first-order valence-electron chi connectivity index (χ1n) is 5.13. The highest BCUT2D eigenvalue weighted by Crippen LogP contribution is 2.26. The highest BCUT2D eigenvalue weighted by atomic mass is 16.1. The fraction of sp³-hybridized carbons (Fsp3) is 0.0769. The molecule has 0 aliphatic carbocycles. The number of fused-ring (bicyclic) bond motifs is 3. The lowest BCUT2D eigenvalue weighted by molar-refractivity contribution is 0.112. The Morgan fingerprint density at radius 1 is 1.25 bits per heavy atom. The van der Waals surface area contributed by atoms with E-state index in [1.165, 1.54) is 0 Å². The van der Waals surface area contributed by atoms with Gasteiger partial charge in [0.2, 0.25) is 0 Å². The Morgan fingerprint density at radius 3 is 2.88 bits per heavy atom.